The van der Waals surface area contributed by atoms with Gasteiger partial charge in [0.25, 0.3) is 0 Å². The lowest BCUT2D eigenvalue weighted by Crippen LogP contribution is -2.37. The van der Waals surface area contributed by atoms with Crippen molar-refractivity contribution in [3.8, 4) is 0 Å². The number of anilines is 1. The van der Waals surface area contributed by atoms with Gasteiger partial charge in [-0.2, -0.15) is 0 Å². The maximum atomic E-state index is 12.9. The maximum Gasteiger partial charge on any atom is 0.246 e. The van der Waals surface area contributed by atoms with Gasteiger partial charge in [0.05, 0.1) is 4.90 Å². The molecule has 1 fully saturated rings. The molecule has 24 heavy (non-hydrogen) atoms. The van der Waals surface area contributed by atoms with Crippen LogP contribution in [0.4, 0.5) is 5.69 Å². The van der Waals surface area contributed by atoms with Gasteiger partial charge in [0.2, 0.25) is 5.91 Å². The molecule has 0 radical (unpaired) electrons. The fourth-order valence-corrected chi connectivity index (χ4v) is 4.69. The van der Waals surface area contributed by atoms with E-state index < -0.39 is 20.5 Å². The van der Waals surface area contributed by atoms with E-state index in [-0.39, 0.29) is 4.90 Å². The van der Waals surface area contributed by atoms with Gasteiger partial charge >= 0.3 is 0 Å². The molecule has 0 unspecified atom stereocenters. The summed E-state index contributed by atoms with van der Waals surface area (Å²) < 4.78 is 24.5. The quantitative estimate of drug-likeness (QED) is 0.895. The Kier molecular flexibility index (Phi) is 4.18. The highest BCUT2D eigenvalue weighted by atomic mass is 35.5. The molecular weight excluding hydrogens is 346 g/mol. The van der Waals surface area contributed by atoms with Gasteiger partial charge in [-0.1, -0.05) is 35.4 Å². The summed E-state index contributed by atoms with van der Waals surface area (Å²) in [5.74, 6) is -0.492. The average molecular weight is 364 g/mol. The Morgan fingerprint density at radius 3 is 2.29 bits per heavy atom. The third-order valence-corrected chi connectivity index (χ3v) is 7.16. The number of carbonyl (C=O) groups excluding carboxylic acids is 1. The average Bonchev–Trinajstić information content (AvgIpc) is 3.33. The molecular formula is C18H18ClNO3S. The molecule has 3 rings (SSSR count). The van der Waals surface area contributed by atoms with Crippen molar-refractivity contribution in [2.45, 2.75) is 36.3 Å². The van der Waals surface area contributed by atoms with E-state index in [1.165, 1.54) is 0 Å². The molecule has 2 aromatic carbocycles. The summed E-state index contributed by atoms with van der Waals surface area (Å²) in [7, 11) is -3.73. The molecule has 1 amide bonds. The highest BCUT2D eigenvalue weighted by Crippen LogP contribution is 2.47. The van der Waals surface area contributed by atoms with E-state index in [9.17, 15) is 13.2 Å². The normalized spacial score (nSPS) is 15.8. The van der Waals surface area contributed by atoms with E-state index in [0.717, 1.165) is 11.1 Å². The van der Waals surface area contributed by atoms with Crippen LogP contribution in [-0.4, -0.2) is 19.1 Å². The van der Waals surface area contributed by atoms with Gasteiger partial charge in [0.1, 0.15) is 0 Å². The first-order valence-corrected chi connectivity index (χ1v) is 9.51. The van der Waals surface area contributed by atoms with Crippen LogP contribution in [0.25, 0.3) is 0 Å². The number of carbonyl (C=O) groups is 1. The Hall–Kier alpha value is -1.85. The number of benzene rings is 2. The highest BCUT2D eigenvalue weighted by molar-refractivity contribution is 7.94. The van der Waals surface area contributed by atoms with Gasteiger partial charge in [-0.05, 0) is 56.5 Å². The fourth-order valence-electron chi connectivity index (χ4n) is 2.64. The molecule has 0 saturated heterocycles. The van der Waals surface area contributed by atoms with Crippen LogP contribution in [0.1, 0.15) is 24.0 Å². The smallest absolute Gasteiger partial charge is 0.246 e. The van der Waals surface area contributed by atoms with Crippen LogP contribution in [0.2, 0.25) is 5.02 Å². The summed E-state index contributed by atoms with van der Waals surface area (Å²) in [6.45, 7) is 3.72. The van der Waals surface area contributed by atoms with Crippen LogP contribution in [0.5, 0.6) is 0 Å². The monoisotopic (exact) mass is 363 g/mol. The Labute approximate surface area is 146 Å². The predicted molar refractivity (Wildman–Crippen MR) is 95.1 cm³/mol. The number of sulfone groups is 1. The van der Waals surface area contributed by atoms with Crippen LogP contribution in [0.3, 0.4) is 0 Å². The Morgan fingerprint density at radius 2 is 1.71 bits per heavy atom. The van der Waals surface area contributed by atoms with Crippen LogP contribution < -0.4 is 5.32 Å². The molecule has 0 aliphatic heterocycles. The third kappa shape index (κ3) is 2.82. The molecule has 1 aliphatic rings. The maximum absolute atomic E-state index is 12.9. The minimum atomic E-state index is -3.73. The molecule has 0 bridgehead atoms. The fraction of sp³-hybridized carbons (Fsp3) is 0.278. The van der Waals surface area contributed by atoms with Gasteiger partial charge < -0.3 is 5.32 Å². The third-order valence-electron chi connectivity index (χ3n) is 4.41. The van der Waals surface area contributed by atoms with Crippen molar-refractivity contribution in [2.24, 2.45) is 0 Å². The number of nitrogens with one attached hydrogen (secondary N) is 1. The van der Waals surface area contributed by atoms with E-state index in [1.54, 1.807) is 42.5 Å². The second kappa shape index (κ2) is 5.90. The summed E-state index contributed by atoms with van der Waals surface area (Å²) in [5, 5.41) is 3.23. The lowest BCUT2D eigenvalue weighted by Gasteiger charge is -2.17. The minimum absolute atomic E-state index is 0.184. The molecule has 0 spiro atoms. The molecule has 1 saturated carbocycles. The number of amides is 1. The van der Waals surface area contributed by atoms with E-state index in [2.05, 4.69) is 5.32 Å². The molecule has 1 N–H and O–H groups in total. The van der Waals surface area contributed by atoms with Crippen molar-refractivity contribution in [1.29, 1.82) is 0 Å². The van der Waals surface area contributed by atoms with Gasteiger partial charge in [-0.25, -0.2) is 8.42 Å². The summed E-state index contributed by atoms with van der Waals surface area (Å²) in [4.78, 5) is 12.9. The number of rotatable bonds is 4. The number of hydrogen-bond donors (Lipinski definition) is 1. The first-order chi connectivity index (χ1) is 11.3. The topological polar surface area (TPSA) is 63.2 Å². The van der Waals surface area contributed by atoms with E-state index >= 15 is 0 Å². The molecule has 4 nitrogen and oxygen atoms in total. The van der Waals surface area contributed by atoms with Crippen molar-refractivity contribution in [3.63, 3.8) is 0 Å². The first-order valence-electron chi connectivity index (χ1n) is 7.65. The number of hydrogen-bond acceptors (Lipinski definition) is 3. The molecule has 2 aromatic rings. The van der Waals surface area contributed by atoms with Crippen molar-refractivity contribution in [1.82, 2.24) is 0 Å². The van der Waals surface area contributed by atoms with Crippen molar-refractivity contribution in [3.05, 3.63) is 58.6 Å². The molecule has 0 heterocycles. The Balaban J connectivity index is 1.91. The van der Waals surface area contributed by atoms with Gasteiger partial charge in [-0.15, -0.1) is 0 Å². The van der Waals surface area contributed by atoms with Crippen LogP contribution in [0.15, 0.2) is 47.4 Å². The Bertz CT molecular complexity index is 900. The first kappa shape index (κ1) is 17.0. The van der Waals surface area contributed by atoms with Gasteiger partial charge in [0.15, 0.2) is 14.6 Å². The van der Waals surface area contributed by atoms with E-state index in [1.807, 2.05) is 13.8 Å². The lowest BCUT2D eigenvalue weighted by atomic mass is 10.2. The number of aryl methyl sites for hydroxylation is 2. The van der Waals surface area contributed by atoms with Gasteiger partial charge in [-0.3, -0.25) is 4.79 Å². The van der Waals surface area contributed by atoms with Crippen molar-refractivity contribution >= 4 is 33.0 Å². The predicted octanol–water partition coefficient (Wildman–Crippen LogP) is 3.90. The second-order valence-corrected chi connectivity index (χ2v) is 8.92. The SMILES string of the molecule is Cc1ccc(S(=O)(=O)C2(C(=O)Nc3cc(Cl)ccc3C)CC2)cc1. The standard InChI is InChI=1S/C18H18ClNO3S/c1-12-3-7-15(8-4-12)24(22,23)18(9-10-18)17(21)20-16-11-14(19)6-5-13(16)2/h3-8,11H,9-10H2,1-2H3,(H,20,21). The zero-order valence-electron chi connectivity index (χ0n) is 13.5. The van der Waals surface area contributed by atoms with Crippen LogP contribution in [0, 0.1) is 13.8 Å². The summed E-state index contributed by atoms with van der Waals surface area (Å²) >= 11 is 5.96. The molecule has 0 aromatic heterocycles. The Morgan fingerprint density at radius 1 is 1.08 bits per heavy atom. The molecule has 126 valence electrons. The van der Waals surface area contributed by atoms with Crippen molar-refractivity contribution < 1.29 is 13.2 Å². The number of halogens is 1. The molecule has 6 heteroatoms. The second-order valence-electron chi connectivity index (χ2n) is 6.22. The highest BCUT2D eigenvalue weighted by Gasteiger charge is 2.61. The largest absolute Gasteiger partial charge is 0.324 e. The zero-order valence-corrected chi connectivity index (χ0v) is 15.0. The lowest BCUT2D eigenvalue weighted by molar-refractivity contribution is -0.116. The van der Waals surface area contributed by atoms with Crippen LogP contribution >= 0.6 is 11.6 Å². The molecule has 0 atom stereocenters. The van der Waals surface area contributed by atoms with Crippen LogP contribution in [-0.2, 0) is 14.6 Å². The van der Waals surface area contributed by atoms with E-state index in [4.69, 9.17) is 11.6 Å². The van der Waals surface area contributed by atoms with Gasteiger partial charge in [0, 0.05) is 10.7 Å². The summed E-state index contributed by atoms with van der Waals surface area (Å²) in [5.41, 5.74) is 2.34. The van der Waals surface area contributed by atoms with E-state index in [0.29, 0.717) is 23.6 Å². The molecule has 1 aliphatic carbocycles. The zero-order chi connectivity index (χ0) is 17.5. The summed E-state index contributed by atoms with van der Waals surface area (Å²) in [6, 6.07) is 11.7. The van der Waals surface area contributed by atoms with Crippen molar-refractivity contribution in [2.75, 3.05) is 5.32 Å². The minimum Gasteiger partial charge on any atom is -0.324 e. The summed E-state index contributed by atoms with van der Waals surface area (Å²) in [6.07, 6.45) is 0.656.